The van der Waals surface area contributed by atoms with Crippen molar-refractivity contribution in [2.75, 3.05) is 5.32 Å². The Hall–Kier alpha value is -2.40. The summed E-state index contributed by atoms with van der Waals surface area (Å²) in [7, 11) is 0. The van der Waals surface area contributed by atoms with E-state index in [4.69, 9.17) is 0 Å². The van der Waals surface area contributed by atoms with Crippen molar-refractivity contribution in [2.45, 2.75) is 20.4 Å². The molecule has 122 valence electrons. The van der Waals surface area contributed by atoms with Crippen LogP contribution in [0.4, 0.5) is 5.69 Å². The minimum absolute atomic E-state index is 0.123. The Labute approximate surface area is 148 Å². The van der Waals surface area contributed by atoms with Gasteiger partial charge in [0.2, 0.25) is 5.91 Å². The first-order valence-electron chi connectivity index (χ1n) is 7.59. The molecule has 0 bridgehead atoms. The smallest absolute Gasteiger partial charge is 0.244 e. The number of carbonyl (C=O) groups is 2. The zero-order chi connectivity index (χ0) is 17.3. The Bertz CT molecular complexity index is 921. The number of aldehydes is 1. The van der Waals surface area contributed by atoms with Crippen LogP contribution in [0, 0.1) is 13.8 Å². The van der Waals surface area contributed by atoms with Crippen LogP contribution in [0.25, 0.3) is 10.9 Å². The Morgan fingerprint density at radius 1 is 1.21 bits per heavy atom. The summed E-state index contributed by atoms with van der Waals surface area (Å²) in [6, 6.07) is 11.5. The number of nitrogens with zero attached hydrogens (tertiary/aromatic N) is 1. The molecule has 1 amide bonds. The topological polar surface area (TPSA) is 51.1 Å². The van der Waals surface area contributed by atoms with Crippen molar-refractivity contribution in [1.82, 2.24) is 4.57 Å². The van der Waals surface area contributed by atoms with Crippen LogP contribution < -0.4 is 5.32 Å². The minimum atomic E-state index is -0.123. The van der Waals surface area contributed by atoms with Gasteiger partial charge in [-0.15, -0.1) is 0 Å². The molecule has 0 atom stereocenters. The third-order valence-corrected chi connectivity index (χ3v) is 4.48. The summed E-state index contributed by atoms with van der Waals surface area (Å²) >= 11 is 3.46. The number of rotatable bonds is 4. The molecular weight excluding hydrogens is 368 g/mol. The molecule has 0 saturated heterocycles. The van der Waals surface area contributed by atoms with Crippen molar-refractivity contribution in [1.29, 1.82) is 0 Å². The summed E-state index contributed by atoms with van der Waals surface area (Å²) in [4.78, 5) is 23.7. The number of aromatic nitrogens is 1. The van der Waals surface area contributed by atoms with Gasteiger partial charge in [-0.2, -0.15) is 0 Å². The standard InChI is InChI=1S/C19H17BrN2O2/c1-12-7-15(20)8-13(2)19(12)21-18(24)10-22-9-14(11-23)16-5-3-4-6-17(16)22/h3-9,11H,10H2,1-2H3,(H,21,24). The van der Waals surface area contributed by atoms with Crippen LogP contribution in [-0.4, -0.2) is 16.8 Å². The number of para-hydroxylation sites is 1. The lowest BCUT2D eigenvalue weighted by Crippen LogP contribution is -2.19. The summed E-state index contributed by atoms with van der Waals surface area (Å²) in [5.41, 5.74) is 4.30. The number of fused-ring (bicyclic) bond motifs is 1. The third kappa shape index (κ3) is 3.12. The van der Waals surface area contributed by atoms with Gasteiger partial charge in [0.1, 0.15) is 6.54 Å². The van der Waals surface area contributed by atoms with E-state index in [9.17, 15) is 9.59 Å². The van der Waals surface area contributed by atoms with Gasteiger partial charge >= 0.3 is 0 Å². The molecule has 3 rings (SSSR count). The molecule has 3 aromatic rings. The highest BCUT2D eigenvalue weighted by atomic mass is 79.9. The van der Waals surface area contributed by atoms with Gasteiger partial charge < -0.3 is 9.88 Å². The molecule has 0 aliphatic heterocycles. The van der Waals surface area contributed by atoms with Crippen LogP contribution in [0.3, 0.4) is 0 Å². The Kier molecular flexibility index (Phi) is 4.53. The van der Waals surface area contributed by atoms with Gasteiger partial charge in [0, 0.05) is 32.8 Å². The zero-order valence-electron chi connectivity index (χ0n) is 13.5. The van der Waals surface area contributed by atoms with E-state index in [1.807, 2.05) is 50.2 Å². The third-order valence-electron chi connectivity index (χ3n) is 4.02. The van der Waals surface area contributed by atoms with Crippen LogP contribution in [0.2, 0.25) is 0 Å². The van der Waals surface area contributed by atoms with Gasteiger partial charge in [-0.25, -0.2) is 0 Å². The van der Waals surface area contributed by atoms with Crippen LogP contribution >= 0.6 is 15.9 Å². The van der Waals surface area contributed by atoms with E-state index in [0.717, 1.165) is 38.5 Å². The lowest BCUT2D eigenvalue weighted by molar-refractivity contribution is -0.116. The predicted molar refractivity (Wildman–Crippen MR) is 99.6 cm³/mol. The van der Waals surface area contributed by atoms with Gasteiger partial charge in [-0.05, 0) is 43.2 Å². The molecule has 0 aliphatic rings. The molecule has 0 radical (unpaired) electrons. The van der Waals surface area contributed by atoms with Crippen molar-refractivity contribution >= 4 is 44.7 Å². The van der Waals surface area contributed by atoms with Crippen molar-refractivity contribution in [3.8, 4) is 0 Å². The zero-order valence-corrected chi connectivity index (χ0v) is 15.1. The van der Waals surface area contributed by atoms with Crippen molar-refractivity contribution in [2.24, 2.45) is 0 Å². The molecule has 1 N–H and O–H groups in total. The first kappa shape index (κ1) is 16.5. The maximum Gasteiger partial charge on any atom is 0.244 e. The molecule has 0 aliphatic carbocycles. The number of anilines is 1. The van der Waals surface area contributed by atoms with Gasteiger partial charge in [-0.3, -0.25) is 9.59 Å². The number of amides is 1. The number of aryl methyl sites for hydroxylation is 2. The fourth-order valence-corrected chi connectivity index (χ4v) is 3.63. The monoisotopic (exact) mass is 384 g/mol. The first-order valence-corrected chi connectivity index (χ1v) is 8.38. The van der Waals surface area contributed by atoms with E-state index < -0.39 is 0 Å². The van der Waals surface area contributed by atoms with Gasteiger partial charge in [0.05, 0.1) is 0 Å². The van der Waals surface area contributed by atoms with Crippen LogP contribution in [0.15, 0.2) is 47.1 Å². The summed E-state index contributed by atoms with van der Waals surface area (Å²) in [5, 5.41) is 3.83. The maximum atomic E-state index is 12.5. The first-order chi connectivity index (χ1) is 11.5. The summed E-state index contributed by atoms with van der Waals surface area (Å²) < 4.78 is 2.79. The predicted octanol–water partition coefficient (Wildman–Crippen LogP) is 4.47. The second kappa shape index (κ2) is 6.61. The molecule has 0 fully saturated rings. The van der Waals surface area contributed by atoms with E-state index in [1.54, 1.807) is 10.8 Å². The molecule has 0 saturated carbocycles. The molecule has 1 heterocycles. The van der Waals surface area contributed by atoms with Crippen molar-refractivity contribution < 1.29 is 9.59 Å². The van der Waals surface area contributed by atoms with E-state index in [0.29, 0.717) is 5.56 Å². The van der Waals surface area contributed by atoms with Crippen LogP contribution in [0.5, 0.6) is 0 Å². The molecular formula is C19H17BrN2O2. The average molecular weight is 385 g/mol. The number of nitrogens with one attached hydrogen (secondary N) is 1. The fraction of sp³-hybridized carbons (Fsp3) is 0.158. The highest BCUT2D eigenvalue weighted by molar-refractivity contribution is 9.10. The van der Waals surface area contributed by atoms with Crippen molar-refractivity contribution in [3.05, 3.63) is 63.8 Å². The lowest BCUT2D eigenvalue weighted by atomic mass is 10.1. The number of carbonyl (C=O) groups excluding carboxylic acids is 2. The van der Waals surface area contributed by atoms with Crippen LogP contribution in [-0.2, 0) is 11.3 Å². The summed E-state index contributed by atoms with van der Waals surface area (Å²) in [6.45, 7) is 4.08. The number of hydrogen-bond donors (Lipinski definition) is 1. The van der Waals surface area contributed by atoms with E-state index in [-0.39, 0.29) is 12.5 Å². The molecule has 1 aromatic heterocycles. The Balaban J connectivity index is 1.87. The Morgan fingerprint density at radius 3 is 2.54 bits per heavy atom. The molecule has 0 unspecified atom stereocenters. The maximum absolute atomic E-state index is 12.5. The number of benzene rings is 2. The highest BCUT2D eigenvalue weighted by Crippen LogP contribution is 2.25. The Morgan fingerprint density at radius 2 is 1.88 bits per heavy atom. The second-order valence-electron chi connectivity index (χ2n) is 5.81. The normalized spacial score (nSPS) is 10.8. The van der Waals surface area contributed by atoms with Gasteiger partial charge in [-0.1, -0.05) is 34.1 Å². The molecule has 4 nitrogen and oxygen atoms in total. The van der Waals surface area contributed by atoms with E-state index in [2.05, 4.69) is 21.2 Å². The number of hydrogen-bond acceptors (Lipinski definition) is 2. The fourth-order valence-electron chi connectivity index (χ4n) is 2.94. The second-order valence-corrected chi connectivity index (χ2v) is 6.73. The van der Waals surface area contributed by atoms with Crippen molar-refractivity contribution in [3.63, 3.8) is 0 Å². The molecule has 0 spiro atoms. The summed E-state index contributed by atoms with van der Waals surface area (Å²) in [5.74, 6) is -0.123. The van der Waals surface area contributed by atoms with Crippen LogP contribution in [0.1, 0.15) is 21.5 Å². The average Bonchev–Trinajstić information content (AvgIpc) is 2.89. The summed E-state index contributed by atoms with van der Waals surface area (Å²) in [6.07, 6.45) is 2.54. The van der Waals surface area contributed by atoms with Gasteiger partial charge in [0.15, 0.2) is 6.29 Å². The molecule has 2 aromatic carbocycles. The lowest BCUT2D eigenvalue weighted by Gasteiger charge is -2.13. The minimum Gasteiger partial charge on any atom is -0.337 e. The number of halogens is 1. The highest BCUT2D eigenvalue weighted by Gasteiger charge is 2.12. The largest absolute Gasteiger partial charge is 0.337 e. The molecule has 24 heavy (non-hydrogen) atoms. The van der Waals surface area contributed by atoms with E-state index >= 15 is 0 Å². The van der Waals surface area contributed by atoms with E-state index in [1.165, 1.54) is 0 Å². The molecule has 5 heteroatoms. The SMILES string of the molecule is Cc1cc(Br)cc(C)c1NC(=O)Cn1cc(C=O)c2ccccc21. The van der Waals surface area contributed by atoms with Gasteiger partial charge in [0.25, 0.3) is 0 Å². The quantitative estimate of drug-likeness (QED) is 0.674.